The zero-order valence-electron chi connectivity index (χ0n) is 15.2. The molecule has 0 bridgehead atoms. The molecule has 0 fully saturated rings. The van der Waals surface area contributed by atoms with Gasteiger partial charge in [0.15, 0.2) is 0 Å². The zero-order chi connectivity index (χ0) is 19.7. The van der Waals surface area contributed by atoms with Crippen LogP contribution in [0.4, 0.5) is 5.69 Å². The topological polar surface area (TPSA) is 105 Å². The zero-order valence-corrected chi connectivity index (χ0v) is 15.2. The summed E-state index contributed by atoms with van der Waals surface area (Å²) in [5, 5.41) is 8.08. The Kier molecular flexibility index (Phi) is 4.52. The van der Waals surface area contributed by atoms with Gasteiger partial charge in [0.05, 0.1) is 35.2 Å². The molecule has 0 radical (unpaired) electrons. The van der Waals surface area contributed by atoms with Crippen LogP contribution in [0.3, 0.4) is 0 Å². The van der Waals surface area contributed by atoms with E-state index in [1.165, 1.54) is 0 Å². The Morgan fingerprint density at radius 2 is 1.89 bits per heavy atom. The van der Waals surface area contributed by atoms with E-state index in [1.54, 1.807) is 24.3 Å². The summed E-state index contributed by atoms with van der Waals surface area (Å²) in [6, 6.07) is 13.5. The monoisotopic (exact) mass is 377 g/mol. The Morgan fingerprint density at radius 1 is 1.14 bits per heavy atom. The van der Waals surface area contributed by atoms with Gasteiger partial charge in [0.25, 0.3) is 5.91 Å². The Bertz CT molecular complexity index is 1090. The van der Waals surface area contributed by atoms with Crippen molar-refractivity contribution in [1.29, 1.82) is 0 Å². The van der Waals surface area contributed by atoms with Gasteiger partial charge in [0, 0.05) is 7.05 Å². The molecule has 2 heterocycles. The van der Waals surface area contributed by atoms with Crippen LogP contribution in [-0.4, -0.2) is 33.3 Å². The van der Waals surface area contributed by atoms with E-state index in [9.17, 15) is 14.4 Å². The van der Waals surface area contributed by atoms with E-state index in [1.807, 2.05) is 35.9 Å². The number of nitrogens with zero attached hydrogens (tertiary/aromatic N) is 2. The van der Waals surface area contributed by atoms with Crippen molar-refractivity contribution in [2.24, 2.45) is 7.05 Å². The number of aromatic nitrogens is 2. The molecule has 3 amide bonds. The second-order valence-electron chi connectivity index (χ2n) is 6.62. The van der Waals surface area contributed by atoms with E-state index >= 15 is 0 Å². The smallest absolute Gasteiger partial charge is 0.254 e. The number of benzene rings is 2. The third kappa shape index (κ3) is 3.32. The summed E-state index contributed by atoms with van der Waals surface area (Å²) in [6.45, 7) is 0.229. The van der Waals surface area contributed by atoms with E-state index in [0.717, 1.165) is 11.0 Å². The number of para-hydroxylation sites is 3. The number of carbonyl (C=O) groups excluding carboxylic acids is 3. The lowest BCUT2D eigenvalue weighted by atomic mass is 10.1. The van der Waals surface area contributed by atoms with Crippen molar-refractivity contribution in [3.8, 4) is 0 Å². The Balaban J connectivity index is 1.41. The maximum atomic E-state index is 12.4. The number of imidazole rings is 1. The lowest BCUT2D eigenvalue weighted by Gasteiger charge is -2.14. The fourth-order valence-electron chi connectivity index (χ4n) is 3.24. The number of hydrogen-bond acceptors (Lipinski definition) is 4. The number of amides is 3. The molecule has 8 nitrogen and oxygen atoms in total. The van der Waals surface area contributed by atoms with Crippen LogP contribution in [0.15, 0.2) is 48.5 Å². The van der Waals surface area contributed by atoms with E-state index in [-0.39, 0.29) is 24.8 Å². The first-order chi connectivity index (χ1) is 13.5. The van der Waals surface area contributed by atoms with Crippen molar-refractivity contribution in [3.05, 3.63) is 59.9 Å². The van der Waals surface area contributed by atoms with Crippen molar-refractivity contribution in [3.63, 3.8) is 0 Å². The lowest BCUT2D eigenvalue weighted by Crippen LogP contribution is -2.44. The van der Waals surface area contributed by atoms with Gasteiger partial charge >= 0.3 is 0 Å². The number of rotatable bonds is 4. The largest absolute Gasteiger partial charge is 0.349 e. The molecule has 2 aromatic carbocycles. The first-order valence-corrected chi connectivity index (χ1v) is 8.90. The van der Waals surface area contributed by atoms with E-state index in [0.29, 0.717) is 17.1 Å². The van der Waals surface area contributed by atoms with Crippen LogP contribution in [0.5, 0.6) is 0 Å². The molecule has 4 rings (SSSR count). The highest BCUT2D eigenvalue weighted by atomic mass is 16.2. The highest BCUT2D eigenvalue weighted by molar-refractivity contribution is 6.10. The van der Waals surface area contributed by atoms with E-state index in [2.05, 4.69) is 20.9 Å². The molecular weight excluding hydrogens is 358 g/mol. The van der Waals surface area contributed by atoms with Crippen LogP contribution in [0.1, 0.15) is 22.6 Å². The number of carbonyl (C=O) groups is 3. The molecule has 8 heteroatoms. The highest BCUT2D eigenvalue weighted by Crippen LogP contribution is 2.19. The number of nitrogens with one attached hydrogen (secondary N) is 3. The van der Waals surface area contributed by atoms with E-state index in [4.69, 9.17) is 0 Å². The molecule has 0 saturated carbocycles. The minimum atomic E-state index is -0.944. The Morgan fingerprint density at radius 3 is 2.71 bits per heavy atom. The van der Waals surface area contributed by atoms with Crippen molar-refractivity contribution in [2.75, 3.05) is 5.32 Å². The lowest BCUT2D eigenvalue weighted by molar-refractivity contribution is -0.125. The van der Waals surface area contributed by atoms with Gasteiger partial charge in [-0.05, 0) is 24.3 Å². The SMILES string of the molecule is Cn1c(CNC(=O)C[C@H]2NC(=O)c3ccccc3NC2=O)nc2ccccc21. The summed E-state index contributed by atoms with van der Waals surface area (Å²) in [4.78, 5) is 41.6. The molecule has 1 aliphatic rings. The number of fused-ring (bicyclic) bond motifs is 2. The number of anilines is 1. The molecule has 0 unspecified atom stereocenters. The Hall–Kier alpha value is -3.68. The summed E-state index contributed by atoms with van der Waals surface area (Å²) < 4.78 is 1.91. The molecule has 1 atom stereocenters. The van der Waals surface area contributed by atoms with Crippen LogP contribution < -0.4 is 16.0 Å². The third-order valence-corrected chi connectivity index (χ3v) is 4.76. The maximum Gasteiger partial charge on any atom is 0.254 e. The molecule has 0 aliphatic carbocycles. The van der Waals surface area contributed by atoms with Gasteiger partial charge in [-0.3, -0.25) is 14.4 Å². The van der Waals surface area contributed by atoms with Crippen LogP contribution >= 0.6 is 0 Å². The first kappa shape index (κ1) is 17.7. The molecule has 1 aromatic heterocycles. The van der Waals surface area contributed by atoms with Gasteiger partial charge in [-0.25, -0.2) is 4.98 Å². The molecular formula is C20H19N5O3. The summed E-state index contributed by atoms with van der Waals surface area (Å²) in [5.41, 5.74) is 2.63. The van der Waals surface area contributed by atoms with Gasteiger partial charge in [0.2, 0.25) is 11.8 Å². The third-order valence-electron chi connectivity index (χ3n) is 4.76. The average Bonchev–Trinajstić information content (AvgIpc) is 2.96. The van der Waals surface area contributed by atoms with Crippen molar-refractivity contribution in [1.82, 2.24) is 20.2 Å². The molecule has 3 N–H and O–H groups in total. The molecule has 0 saturated heterocycles. The van der Waals surface area contributed by atoms with Crippen LogP contribution in [0.2, 0.25) is 0 Å². The minimum Gasteiger partial charge on any atom is -0.349 e. The van der Waals surface area contributed by atoms with Crippen LogP contribution in [-0.2, 0) is 23.2 Å². The first-order valence-electron chi connectivity index (χ1n) is 8.90. The van der Waals surface area contributed by atoms with E-state index < -0.39 is 11.9 Å². The predicted octanol–water partition coefficient (Wildman–Crippen LogP) is 1.33. The highest BCUT2D eigenvalue weighted by Gasteiger charge is 2.29. The van der Waals surface area contributed by atoms with Crippen molar-refractivity contribution in [2.45, 2.75) is 19.0 Å². The maximum absolute atomic E-state index is 12.4. The second-order valence-corrected chi connectivity index (χ2v) is 6.62. The Labute approximate surface area is 160 Å². The van der Waals surface area contributed by atoms with Crippen molar-refractivity contribution < 1.29 is 14.4 Å². The van der Waals surface area contributed by atoms with Crippen LogP contribution in [0, 0.1) is 0 Å². The van der Waals surface area contributed by atoms with Gasteiger partial charge in [-0.2, -0.15) is 0 Å². The van der Waals surface area contributed by atoms with Crippen molar-refractivity contribution >= 4 is 34.4 Å². The van der Waals surface area contributed by atoms with Gasteiger partial charge < -0.3 is 20.5 Å². The van der Waals surface area contributed by atoms with Gasteiger partial charge in [0.1, 0.15) is 11.9 Å². The summed E-state index contributed by atoms with van der Waals surface area (Å²) in [6.07, 6.45) is -0.157. The summed E-state index contributed by atoms with van der Waals surface area (Å²) in [7, 11) is 1.88. The molecule has 3 aromatic rings. The standard InChI is InChI=1S/C20H19N5O3/c1-25-16-9-5-4-8-14(16)22-17(25)11-21-18(26)10-15-20(28)23-13-7-3-2-6-12(13)19(27)24-15/h2-9,15H,10-11H2,1H3,(H,21,26)(H,23,28)(H,24,27)/t15-/m1/s1. The fourth-order valence-corrected chi connectivity index (χ4v) is 3.24. The number of aryl methyl sites for hydroxylation is 1. The normalized spacial score (nSPS) is 16.1. The molecule has 28 heavy (non-hydrogen) atoms. The molecule has 0 spiro atoms. The summed E-state index contributed by atoms with van der Waals surface area (Å²) >= 11 is 0. The molecule has 142 valence electrons. The predicted molar refractivity (Wildman–Crippen MR) is 104 cm³/mol. The summed E-state index contributed by atoms with van der Waals surface area (Å²) in [5.74, 6) is -0.451. The van der Waals surface area contributed by atoms with Crippen LogP contribution in [0.25, 0.3) is 11.0 Å². The molecule has 1 aliphatic heterocycles. The quantitative estimate of drug-likeness (QED) is 0.638. The second kappa shape index (κ2) is 7.15. The van der Waals surface area contributed by atoms with Gasteiger partial charge in [-0.1, -0.05) is 24.3 Å². The van der Waals surface area contributed by atoms with Gasteiger partial charge in [-0.15, -0.1) is 0 Å². The minimum absolute atomic E-state index is 0.157. The fraction of sp³-hybridized carbons (Fsp3) is 0.200. The average molecular weight is 377 g/mol. The number of hydrogen-bond donors (Lipinski definition) is 3.